The first-order chi connectivity index (χ1) is 12.0. The number of nitrogens with zero attached hydrogens (tertiary/aromatic N) is 3. The molecule has 0 unspecified atom stereocenters. The minimum absolute atomic E-state index is 0.0826. The number of carbonyl (C=O) groups excluding carboxylic acids is 2. The van der Waals surface area contributed by atoms with Gasteiger partial charge < -0.3 is 9.47 Å². The summed E-state index contributed by atoms with van der Waals surface area (Å²) >= 11 is 1.57. The summed E-state index contributed by atoms with van der Waals surface area (Å²) < 4.78 is 11.1. The lowest BCUT2D eigenvalue weighted by Gasteiger charge is -2.10. The van der Waals surface area contributed by atoms with Gasteiger partial charge in [0.15, 0.2) is 11.5 Å². The summed E-state index contributed by atoms with van der Waals surface area (Å²) in [6.07, 6.45) is 1.48. The lowest BCUT2D eigenvalue weighted by molar-refractivity contribution is -0.118. The Balaban J connectivity index is 1.68. The van der Waals surface area contributed by atoms with Crippen LogP contribution in [0.2, 0.25) is 0 Å². The average molecular weight is 360 g/mol. The maximum absolute atomic E-state index is 11.4. The van der Waals surface area contributed by atoms with E-state index in [2.05, 4.69) is 15.4 Å². The molecule has 1 aliphatic rings. The topological polar surface area (TPSA) is 93.1 Å². The highest BCUT2D eigenvalue weighted by Crippen LogP contribution is 2.28. The molecule has 8 nitrogen and oxygen atoms in total. The number of aromatic nitrogens is 1. The van der Waals surface area contributed by atoms with Gasteiger partial charge in [0, 0.05) is 5.38 Å². The molecule has 130 valence electrons. The third kappa shape index (κ3) is 4.13. The van der Waals surface area contributed by atoms with Crippen LogP contribution < -0.4 is 14.8 Å². The Morgan fingerprint density at radius 3 is 2.88 bits per heavy atom. The minimum atomic E-state index is -0.535. The Labute approximate surface area is 148 Å². The van der Waals surface area contributed by atoms with Crippen LogP contribution in [0.25, 0.3) is 0 Å². The van der Waals surface area contributed by atoms with E-state index in [4.69, 9.17) is 9.47 Å². The van der Waals surface area contributed by atoms with Crippen LogP contribution in [0.15, 0.2) is 28.7 Å². The number of carbonyl (C=O) groups is 2. The first-order valence-corrected chi connectivity index (χ1v) is 8.30. The summed E-state index contributed by atoms with van der Waals surface area (Å²) in [5, 5.41) is 10.1. The van der Waals surface area contributed by atoms with Crippen LogP contribution in [0, 0.1) is 6.92 Å². The van der Waals surface area contributed by atoms with Gasteiger partial charge in [0.05, 0.1) is 24.0 Å². The van der Waals surface area contributed by atoms with Gasteiger partial charge in [-0.05, 0) is 30.7 Å². The van der Waals surface area contributed by atoms with Gasteiger partial charge in [-0.3, -0.25) is 10.1 Å². The van der Waals surface area contributed by atoms with Gasteiger partial charge in [0.25, 0.3) is 0 Å². The van der Waals surface area contributed by atoms with Crippen LogP contribution in [0.4, 0.5) is 4.79 Å². The zero-order valence-electron chi connectivity index (χ0n) is 13.7. The standard InChI is InChI=1S/C16H16N4O4S/c1-10-18-12(9-25-10)8-24-13-4-3-11(5-14(13)23-2)6-17-20-7-15(21)19-16(20)22/h3-6,9H,7-8H2,1-2H3,(H,19,21,22). The molecule has 0 aliphatic carbocycles. The van der Waals surface area contributed by atoms with Gasteiger partial charge in [-0.15, -0.1) is 11.3 Å². The number of thiazole rings is 1. The van der Waals surface area contributed by atoms with Crippen molar-refractivity contribution in [3.63, 3.8) is 0 Å². The van der Waals surface area contributed by atoms with Crippen LogP contribution in [0.3, 0.4) is 0 Å². The van der Waals surface area contributed by atoms with E-state index in [0.29, 0.717) is 23.7 Å². The van der Waals surface area contributed by atoms with Crippen LogP contribution in [0.1, 0.15) is 16.3 Å². The van der Waals surface area contributed by atoms with Crippen LogP contribution >= 0.6 is 11.3 Å². The average Bonchev–Trinajstić information content (AvgIpc) is 3.15. The molecule has 1 N–H and O–H groups in total. The maximum Gasteiger partial charge on any atom is 0.344 e. The molecule has 1 aromatic carbocycles. The molecule has 1 fully saturated rings. The Bertz CT molecular complexity index is 833. The van der Waals surface area contributed by atoms with E-state index in [1.165, 1.54) is 6.21 Å². The van der Waals surface area contributed by atoms with E-state index in [9.17, 15) is 9.59 Å². The van der Waals surface area contributed by atoms with Gasteiger partial charge >= 0.3 is 6.03 Å². The van der Waals surface area contributed by atoms with Gasteiger partial charge in [0.1, 0.15) is 13.2 Å². The zero-order chi connectivity index (χ0) is 17.8. The number of hydrogen-bond acceptors (Lipinski definition) is 7. The molecule has 2 heterocycles. The fraction of sp³-hybridized carbons (Fsp3) is 0.250. The van der Waals surface area contributed by atoms with Gasteiger partial charge in [-0.1, -0.05) is 0 Å². The maximum atomic E-state index is 11.4. The molecule has 0 radical (unpaired) electrons. The van der Waals surface area contributed by atoms with Crippen molar-refractivity contribution in [3.05, 3.63) is 39.8 Å². The molecule has 1 saturated heterocycles. The third-order valence-corrected chi connectivity index (χ3v) is 4.17. The van der Waals surface area contributed by atoms with Gasteiger partial charge in [-0.2, -0.15) is 5.10 Å². The van der Waals surface area contributed by atoms with E-state index < -0.39 is 6.03 Å². The second-order valence-corrected chi connectivity index (χ2v) is 6.27. The Morgan fingerprint density at radius 2 is 2.24 bits per heavy atom. The molecule has 0 saturated carbocycles. The first-order valence-electron chi connectivity index (χ1n) is 7.42. The summed E-state index contributed by atoms with van der Waals surface area (Å²) in [4.78, 5) is 26.9. The van der Waals surface area contributed by atoms with Crippen molar-refractivity contribution < 1.29 is 19.1 Å². The molecule has 0 bridgehead atoms. The molecular weight excluding hydrogens is 344 g/mol. The fourth-order valence-corrected chi connectivity index (χ4v) is 2.77. The second kappa shape index (κ2) is 7.31. The second-order valence-electron chi connectivity index (χ2n) is 5.21. The Morgan fingerprint density at radius 1 is 1.40 bits per heavy atom. The number of ether oxygens (including phenoxy) is 2. The van der Waals surface area contributed by atoms with Gasteiger partial charge in [-0.25, -0.2) is 14.8 Å². The minimum Gasteiger partial charge on any atom is -0.493 e. The van der Waals surface area contributed by atoms with E-state index in [1.54, 1.807) is 36.6 Å². The van der Waals surface area contributed by atoms with Crippen molar-refractivity contribution >= 4 is 29.5 Å². The number of hydrazone groups is 1. The highest BCUT2D eigenvalue weighted by Gasteiger charge is 2.25. The number of aryl methyl sites for hydroxylation is 1. The lowest BCUT2D eigenvalue weighted by atomic mass is 10.2. The predicted molar refractivity (Wildman–Crippen MR) is 92.0 cm³/mol. The number of imide groups is 1. The van der Waals surface area contributed by atoms with E-state index in [0.717, 1.165) is 15.7 Å². The highest BCUT2D eigenvalue weighted by atomic mass is 32.1. The normalized spacial score (nSPS) is 14.2. The Hall–Kier alpha value is -2.94. The molecule has 1 aromatic heterocycles. The first kappa shape index (κ1) is 16.9. The van der Waals surface area contributed by atoms with Crippen molar-refractivity contribution in [1.82, 2.24) is 15.3 Å². The molecule has 0 spiro atoms. The number of amides is 3. The van der Waals surface area contributed by atoms with Crippen molar-refractivity contribution in [2.24, 2.45) is 5.10 Å². The number of hydrogen-bond donors (Lipinski definition) is 1. The van der Waals surface area contributed by atoms with Crippen molar-refractivity contribution in [2.45, 2.75) is 13.5 Å². The molecule has 2 aromatic rings. The molecular formula is C16H16N4O4S. The smallest absolute Gasteiger partial charge is 0.344 e. The number of nitrogens with one attached hydrogen (secondary N) is 1. The summed E-state index contributed by atoms with van der Waals surface area (Å²) in [6, 6.07) is 4.74. The quantitative estimate of drug-likeness (QED) is 0.627. The highest BCUT2D eigenvalue weighted by molar-refractivity contribution is 7.09. The van der Waals surface area contributed by atoms with Crippen molar-refractivity contribution in [2.75, 3.05) is 13.7 Å². The van der Waals surface area contributed by atoms with E-state index in [-0.39, 0.29) is 12.5 Å². The SMILES string of the molecule is COc1cc(C=NN2CC(=O)NC2=O)ccc1OCc1csc(C)n1. The lowest BCUT2D eigenvalue weighted by Crippen LogP contribution is -2.24. The summed E-state index contributed by atoms with van der Waals surface area (Å²) in [5.74, 6) is 0.748. The van der Waals surface area contributed by atoms with Crippen molar-refractivity contribution in [1.29, 1.82) is 0 Å². The monoisotopic (exact) mass is 360 g/mol. The molecule has 3 rings (SSSR count). The molecule has 3 amide bonds. The predicted octanol–water partition coefficient (Wildman–Crippen LogP) is 1.92. The summed E-state index contributed by atoms with van der Waals surface area (Å²) in [7, 11) is 1.54. The van der Waals surface area contributed by atoms with Crippen molar-refractivity contribution in [3.8, 4) is 11.5 Å². The van der Waals surface area contributed by atoms with Gasteiger partial charge in [0.2, 0.25) is 5.91 Å². The zero-order valence-corrected chi connectivity index (χ0v) is 14.5. The van der Waals surface area contributed by atoms with Crippen LogP contribution in [-0.4, -0.2) is 41.8 Å². The molecule has 25 heavy (non-hydrogen) atoms. The number of methoxy groups -OCH3 is 1. The summed E-state index contributed by atoms with van der Waals surface area (Å²) in [6.45, 7) is 2.21. The molecule has 0 atom stereocenters. The number of benzene rings is 1. The fourth-order valence-electron chi connectivity index (χ4n) is 2.17. The third-order valence-electron chi connectivity index (χ3n) is 3.35. The largest absolute Gasteiger partial charge is 0.493 e. The van der Waals surface area contributed by atoms with E-state index in [1.807, 2.05) is 12.3 Å². The van der Waals surface area contributed by atoms with E-state index >= 15 is 0 Å². The summed E-state index contributed by atoms with van der Waals surface area (Å²) in [5.41, 5.74) is 1.57. The van der Waals surface area contributed by atoms with Crippen LogP contribution in [-0.2, 0) is 11.4 Å². The molecule has 1 aliphatic heterocycles. The number of urea groups is 1. The number of rotatable bonds is 6. The molecule has 9 heteroatoms. The van der Waals surface area contributed by atoms with Crippen LogP contribution in [0.5, 0.6) is 11.5 Å². The Kier molecular flexibility index (Phi) is 4.94.